The molecule has 0 amide bonds. The lowest BCUT2D eigenvalue weighted by Crippen LogP contribution is -2.02. The summed E-state index contributed by atoms with van der Waals surface area (Å²) in [7, 11) is 0. The van der Waals surface area contributed by atoms with Crippen LogP contribution < -0.4 is 0 Å². The molecule has 0 aliphatic carbocycles. The first-order valence-corrected chi connectivity index (χ1v) is 6.67. The molecule has 1 nitrogen and oxygen atoms in total. The van der Waals surface area contributed by atoms with Crippen LogP contribution in [0.3, 0.4) is 0 Å². The van der Waals surface area contributed by atoms with Crippen molar-refractivity contribution < 1.29 is 9.18 Å². The Kier molecular flexibility index (Phi) is 3.45. The van der Waals surface area contributed by atoms with Gasteiger partial charge in [-0.05, 0) is 47.5 Å². The average molecular weight is 313 g/mol. The van der Waals surface area contributed by atoms with E-state index in [-0.39, 0.29) is 11.6 Å². The minimum atomic E-state index is -0.345. The SMILES string of the molecule is Cc1ccc(C(=O)c2cc(Br)sc2C)cc1F. The van der Waals surface area contributed by atoms with Crippen molar-refractivity contribution in [2.75, 3.05) is 0 Å². The number of carbonyl (C=O) groups is 1. The first kappa shape index (κ1) is 12.5. The lowest BCUT2D eigenvalue weighted by molar-refractivity contribution is 0.103. The molecule has 0 saturated carbocycles. The van der Waals surface area contributed by atoms with Crippen molar-refractivity contribution in [3.63, 3.8) is 0 Å². The molecule has 2 rings (SSSR count). The van der Waals surface area contributed by atoms with Gasteiger partial charge in [0, 0.05) is 16.0 Å². The molecule has 0 spiro atoms. The van der Waals surface area contributed by atoms with E-state index >= 15 is 0 Å². The van der Waals surface area contributed by atoms with Gasteiger partial charge in [-0.3, -0.25) is 4.79 Å². The Bertz CT molecular complexity index is 589. The number of halogens is 2. The zero-order valence-corrected chi connectivity index (χ0v) is 11.8. The Balaban J connectivity index is 2.44. The second kappa shape index (κ2) is 4.70. The number of rotatable bonds is 2. The van der Waals surface area contributed by atoms with Crippen LogP contribution in [0.5, 0.6) is 0 Å². The summed E-state index contributed by atoms with van der Waals surface area (Å²) in [5, 5.41) is 0. The van der Waals surface area contributed by atoms with E-state index in [2.05, 4.69) is 15.9 Å². The van der Waals surface area contributed by atoms with Crippen LogP contribution in [0.4, 0.5) is 4.39 Å². The smallest absolute Gasteiger partial charge is 0.194 e. The summed E-state index contributed by atoms with van der Waals surface area (Å²) in [5.41, 5.74) is 1.57. The van der Waals surface area contributed by atoms with Gasteiger partial charge >= 0.3 is 0 Å². The molecule has 0 aliphatic rings. The maximum atomic E-state index is 13.4. The van der Waals surface area contributed by atoms with Crippen LogP contribution in [0.15, 0.2) is 28.1 Å². The molecule has 0 atom stereocenters. The minimum Gasteiger partial charge on any atom is -0.289 e. The molecule has 2 aromatic rings. The fourth-order valence-corrected chi connectivity index (χ4v) is 3.25. The molecule has 1 aromatic carbocycles. The highest BCUT2D eigenvalue weighted by Gasteiger charge is 2.15. The molecule has 1 aromatic heterocycles. The van der Waals surface area contributed by atoms with Crippen LogP contribution in [-0.4, -0.2) is 5.78 Å². The molecule has 4 heteroatoms. The zero-order chi connectivity index (χ0) is 12.6. The normalized spacial score (nSPS) is 10.6. The van der Waals surface area contributed by atoms with Gasteiger partial charge in [0.25, 0.3) is 0 Å². The first-order valence-electron chi connectivity index (χ1n) is 5.06. The molecular formula is C13H10BrFOS. The maximum Gasteiger partial charge on any atom is 0.194 e. The van der Waals surface area contributed by atoms with Crippen molar-refractivity contribution in [3.8, 4) is 0 Å². The molecule has 0 saturated heterocycles. The molecule has 0 aliphatic heterocycles. The van der Waals surface area contributed by atoms with Crippen molar-refractivity contribution in [1.82, 2.24) is 0 Å². The second-order valence-corrected chi connectivity index (χ2v) is 6.45. The van der Waals surface area contributed by atoms with E-state index in [1.807, 2.05) is 6.92 Å². The topological polar surface area (TPSA) is 17.1 Å². The molecule has 0 fully saturated rings. The number of carbonyl (C=O) groups excluding carboxylic acids is 1. The highest BCUT2D eigenvalue weighted by molar-refractivity contribution is 9.11. The van der Waals surface area contributed by atoms with Crippen molar-refractivity contribution in [3.05, 3.63) is 55.4 Å². The molecule has 0 N–H and O–H groups in total. The molecule has 0 bridgehead atoms. The third-order valence-electron chi connectivity index (χ3n) is 2.57. The van der Waals surface area contributed by atoms with Crippen molar-refractivity contribution in [2.45, 2.75) is 13.8 Å². The second-order valence-electron chi connectivity index (χ2n) is 3.81. The molecule has 0 unspecified atom stereocenters. The van der Waals surface area contributed by atoms with Crippen molar-refractivity contribution in [2.24, 2.45) is 0 Å². The number of thiophene rings is 1. The van der Waals surface area contributed by atoms with Crippen molar-refractivity contribution >= 4 is 33.0 Å². The average Bonchev–Trinajstić information content (AvgIpc) is 2.61. The molecule has 0 radical (unpaired) electrons. The minimum absolute atomic E-state index is 0.136. The van der Waals surface area contributed by atoms with Crippen LogP contribution in [-0.2, 0) is 0 Å². The Morgan fingerprint density at radius 3 is 2.53 bits per heavy atom. The molecular weight excluding hydrogens is 303 g/mol. The van der Waals surface area contributed by atoms with Gasteiger partial charge in [-0.15, -0.1) is 11.3 Å². The van der Waals surface area contributed by atoms with Crippen LogP contribution in [0.1, 0.15) is 26.4 Å². The van der Waals surface area contributed by atoms with E-state index < -0.39 is 0 Å². The van der Waals surface area contributed by atoms with E-state index in [0.29, 0.717) is 16.7 Å². The number of ketones is 1. The monoisotopic (exact) mass is 312 g/mol. The van der Waals surface area contributed by atoms with E-state index in [0.717, 1.165) is 8.66 Å². The van der Waals surface area contributed by atoms with Gasteiger partial charge in [0.2, 0.25) is 0 Å². The van der Waals surface area contributed by atoms with Crippen LogP contribution in [0, 0.1) is 19.7 Å². The van der Waals surface area contributed by atoms with Crippen LogP contribution in [0.25, 0.3) is 0 Å². The predicted octanol–water partition coefficient (Wildman–Crippen LogP) is 4.50. The third-order valence-corrected chi connectivity index (χ3v) is 4.12. The summed E-state index contributed by atoms with van der Waals surface area (Å²) in [4.78, 5) is 13.1. The quantitative estimate of drug-likeness (QED) is 0.746. The van der Waals surface area contributed by atoms with Crippen LogP contribution >= 0.6 is 27.3 Å². The standard InChI is InChI=1S/C13H10BrFOS/c1-7-3-4-9(5-11(7)15)13(16)10-6-12(14)17-8(10)2/h3-6H,1-2H3. The Morgan fingerprint density at radius 1 is 1.29 bits per heavy atom. The lowest BCUT2D eigenvalue weighted by atomic mass is 10.0. The van der Waals surface area contributed by atoms with Gasteiger partial charge in [-0.2, -0.15) is 0 Å². The van der Waals surface area contributed by atoms with Crippen molar-refractivity contribution in [1.29, 1.82) is 0 Å². The fraction of sp³-hybridized carbons (Fsp3) is 0.154. The van der Waals surface area contributed by atoms with E-state index in [1.54, 1.807) is 25.1 Å². The number of hydrogen-bond acceptors (Lipinski definition) is 2. The number of benzene rings is 1. The maximum absolute atomic E-state index is 13.4. The summed E-state index contributed by atoms with van der Waals surface area (Å²) >= 11 is 4.84. The highest BCUT2D eigenvalue weighted by Crippen LogP contribution is 2.28. The van der Waals surface area contributed by atoms with Gasteiger partial charge in [-0.25, -0.2) is 4.39 Å². The Labute approximate surface area is 111 Å². The largest absolute Gasteiger partial charge is 0.289 e. The third kappa shape index (κ3) is 2.48. The summed E-state index contributed by atoms with van der Waals surface area (Å²) in [5.74, 6) is -0.480. The Hall–Kier alpha value is -1.00. The zero-order valence-electron chi connectivity index (χ0n) is 9.38. The Morgan fingerprint density at radius 2 is 2.00 bits per heavy atom. The predicted molar refractivity (Wildman–Crippen MR) is 71.3 cm³/mol. The highest BCUT2D eigenvalue weighted by atomic mass is 79.9. The van der Waals surface area contributed by atoms with Gasteiger partial charge in [0.15, 0.2) is 5.78 Å². The van der Waals surface area contributed by atoms with E-state index in [9.17, 15) is 9.18 Å². The van der Waals surface area contributed by atoms with E-state index in [1.165, 1.54) is 17.4 Å². The number of hydrogen-bond donors (Lipinski definition) is 0. The fourth-order valence-electron chi connectivity index (χ4n) is 1.56. The molecule has 1 heterocycles. The summed E-state index contributed by atoms with van der Waals surface area (Å²) in [6.45, 7) is 3.56. The summed E-state index contributed by atoms with van der Waals surface area (Å²) in [6, 6.07) is 6.36. The van der Waals surface area contributed by atoms with E-state index in [4.69, 9.17) is 0 Å². The summed E-state index contributed by atoms with van der Waals surface area (Å²) in [6.07, 6.45) is 0. The molecule has 88 valence electrons. The number of aryl methyl sites for hydroxylation is 2. The van der Waals surface area contributed by atoms with Gasteiger partial charge in [0.05, 0.1) is 3.79 Å². The van der Waals surface area contributed by atoms with Gasteiger partial charge < -0.3 is 0 Å². The molecule has 17 heavy (non-hydrogen) atoms. The van der Waals surface area contributed by atoms with Gasteiger partial charge in [0.1, 0.15) is 5.82 Å². The first-order chi connectivity index (χ1) is 7.99. The summed E-state index contributed by atoms with van der Waals surface area (Å²) < 4.78 is 14.3. The lowest BCUT2D eigenvalue weighted by Gasteiger charge is -2.02. The van der Waals surface area contributed by atoms with Crippen LogP contribution in [0.2, 0.25) is 0 Å². The van der Waals surface area contributed by atoms with Gasteiger partial charge in [-0.1, -0.05) is 12.1 Å².